The van der Waals surface area contributed by atoms with E-state index in [4.69, 9.17) is 15.9 Å². The predicted octanol–water partition coefficient (Wildman–Crippen LogP) is 2.64. The molecular weight excluding hydrogens is 268 g/mol. The van der Waals surface area contributed by atoms with Crippen molar-refractivity contribution in [2.75, 3.05) is 25.0 Å². The van der Waals surface area contributed by atoms with Crippen molar-refractivity contribution in [3.05, 3.63) is 24.3 Å². The van der Waals surface area contributed by atoms with Crippen molar-refractivity contribution in [1.29, 1.82) is 0 Å². The van der Waals surface area contributed by atoms with Crippen molar-refractivity contribution in [3.8, 4) is 18.1 Å². The van der Waals surface area contributed by atoms with Gasteiger partial charge in [-0.1, -0.05) is 5.92 Å². The monoisotopic (exact) mass is 290 g/mol. The number of carbonyl (C=O) groups excluding carboxylic acids is 1. The van der Waals surface area contributed by atoms with Crippen LogP contribution >= 0.6 is 0 Å². The van der Waals surface area contributed by atoms with Crippen LogP contribution in [0.3, 0.4) is 0 Å². The van der Waals surface area contributed by atoms with E-state index < -0.39 is 11.7 Å². The first-order chi connectivity index (χ1) is 9.90. The van der Waals surface area contributed by atoms with Crippen LogP contribution in [0.4, 0.5) is 10.5 Å². The summed E-state index contributed by atoms with van der Waals surface area (Å²) in [6.07, 6.45) is 4.72. The molecule has 0 aliphatic heterocycles. The number of nitrogens with one attached hydrogen (secondary N) is 2. The predicted molar refractivity (Wildman–Crippen MR) is 83.5 cm³/mol. The molecule has 1 rings (SSSR count). The van der Waals surface area contributed by atoms with Crippen molar-refractivity contribution in [2.45, 2.75) is 26.4 Å². The van der Waals surface area contributed by atoms with Crippen LogP contribution in [0, 0.1) is 12.3 Å². The first kappa shape index (κ1) is 16.7. The first-order valence-electron chi connectivity index (χ1n) is 6.78. The Kier molecular flexibility index (Phi) is 6.41. The maximum absolute atomic E-state index is 11.4. The number of rotatable bonds is 6. The van der Waals surface area contributed by atoms with Crippen LogP contribution in [0.5, 0.6) is 5.75 Å². The van der Waals surface area contributed by atoms with Gasteiger partial charge in [-0.05, 0) is 45.0 Å². The molecule has 21 heavy (non-hydrogen) atoms. The Morgan fingerprint density at radius 3 is 2.52 bits per heavy atom. The Labute approximate surface area is 126 Å². The fourth-order valence-electron chi connectivity index (χ4n) is 1.46. The molecule has 2 N–H and O–H groups in total. The van der Waals surface area contributed by atoms with Gasteiger partial charge in [0, 0.05) is 5.69 Å². The molecule has 0 aromatic heterocycles. The molecule has 1 amide bonds. The van der Waals surface area contributed by atoms with Gasteiger partial charge < -0.3 is 20.1 Å². The summed E-state index contributed by atoms with van der Waals surface area (Å²) in [4.78, 5) is 11.4. The van der Waals surface area contributed by atoms with Gasteiger partial charge in [0.05, 0.1) is 13.1 Å². The summed E-state index contributed by atoms with van der Waals surface area (Å²) < 4.78 is 10.6. The van der Waals surface area contributed by atoms with Gasteiger partial charge >= 0.3 is 6.09 Å². The first-order valence-corrected chi connectivity index (χ1v) is 6.78. The summed E-state index contributed by atoms with van der Waals surface area (Å²) >= 11 is 0. The zero-order valence-corrected chi connectivity index (χ0v) is 12.7. The Hall–Kier alpha value is -2.35. The number of carbonyl (C=O) groups is 1. The van der Waals surface area contributed by atoms with Crippen LogP contribution in [0.25, 0.3) is 0 Å². The van der Waals surface area contributed by atoms with E-state index in [-0.39, 0.29) is 0 Å². The molecule has 0 unspecified atom stereocenters. The number of hydrogen-bond donors (Lipinski definition) is 2. The summed E-state index contributed by atoms with van der Waals surface area (Å²) in [7, 11) is 0. The lowest BCUT2D eigenvalue weighted by molar-refractivity contribution is 0.0520. The Bertz CT molecular complexity index is 484. The topological polar surface area (TPSA) is 59.6 Å². The smallest absolute Gasteiger partial charge is 0.407 e. The van der Waals surface area contributed by atoms with E-state index >= 15 is 0 Å². The Morgan fingerprint density at radius 1 is 1.29 bits per heavy atom. The molecule has 1 aromatic rings. The van der Waals surface area contributed by atoms with Gasteiger partial charge in [0.2, 0.25) is 0 Å². The van der Waals surface area contributed by atoms with Gasteiger partial charge in [0.15, 0.2) is 0 Å². The van der Waals surface area contributed by atoms with Crippen LogP contribution in [0.15, 0.2) is 24.3 Å². The lowest BCUT2D eigenvalue weighted by Crippen LogP contribution is -2.34. The van der Waals surface area contributed by atoms with Crippen molar-refractivity contribution in [3.63, 3.8) is 0 Å². The van der Waals surface area contributed by atoms with E-state index in [1.54, 1.807) is 0 Å². The number of ether oxygens (including phenoxy) is 2. The Morgan fingerprint density at radius 2 is 1.95 bits per heavy atom. The molecule has 1 aromatic carbocycles. The summed E-state index contributed by atoms with van der Waals surface area (Å²) in [6.45, 7) is 6.69. The summed E-state index contributed by atoms with van der Waals surface area (Å²) in [5, 5.41) is 5.69. The van der Waals surface area contributed by atoms with Gasteiger partial charge in [0.1, 0.15) is 18.0 Å². The average molecular weight is 290 g/mol. The molecule has 0 atom stereocenters. The highest BCUT2D eigenvalue weighted by Gasteiger charge is 2.15. The second kappa shape index (κ2) is 8.05. The van der Waals surface area contributed by atoms with E-state index in [0.717, 1.165) is 11.4 Å². The number of terminal acetylenes is 1. The molecule has 0 spiro atoms. The fourth-order valence-corrected chi connectivity index (χ4v) is 1.46. The zero-order chi connectivity index (χ0) is 15.7. The summed E-state index contributed by atoms with van der Waals surface area (Å²) in [6, 6.07) is 7.45. The molecule has 5 nitrogen and oxygen atoms in total. The number of alkyl carbamates (subject to hydrolysis) is 1. The molecule has 0 bridgehead atoms. The fraction of sp³-hybridized carbons (Fsp3) is 0.438. The van der Waals surface area contributed by atoms with Gasteiger partial charge in [-0.3, -0.25) is 0 Å². The molecule has 0 radical (unpaired) electrons. The maximum atomic E-state index is 11.4. The van der Waals surface area contributed by atoms with E-state index in [1.165, 1.54) is 0 Å². The molecule has 0 aliphatic carbocycles. The summed E-state index contributed by atoms with van der Waals surface area (Å²) in [5.41, 5.74) is 0.443. The maximum Gasteiger partial charge on any atom is 0.407 e. The number of hydrogen-bond acceptors (Lipinski definition) is 4. The number of benzene rings is 1. The lowest BCUT2D eigenvalue weighted by Gasteiger charge is -2.19. The molecule has 0 fully saturated rings. The van der Waals surface area contributed by atoms with Gasteiger partial charge in [0.25, 0.3) is 0 Å². The lowest BCUT2D eigenvalue weighted by atomic mass is 10.2. The van der Waals surface area contributed by atoms with E-state index in [2.05, 4.69) is 16.6 Å². The third kappa shape index (κ3) is 7.73. The van der Waals surface area contributed by atoms with Gasteiger partial charge in [-0.15, -0.1) is 6.42 Å². The largest absolute Gasteiger partial charge is 0.492 e. The molecule has 0 saturated carbocycles. The zero-order valence-electron chi connectivity index (χ0n) is 12.7. The summed E-state index contributed by atoms with van der Waals surface area (Å²) in [5.74, 6) is 3.23. The van der Waals surface area contributed by atoms with Crippen LogP contribution in [0.2, 0.25) is 0 Å². The van der Waals surface area contributed by atoms with Crippen molar-refractivity contribution < 1.29 is 14.3 Å². The number of anilines is 1. The van der Waals surface area contributed by atoms with Gasteiger partial charge in [-0.2, -0.15) is 0 Å². The number of amides is 1. The standard InChI is InChI=1S/C16H22N2O3/c1-5-10-17-13-6-8-14(9-7-13)20-12-11-18-15(19)21-16(2,3)4/h1,6-9,17H,10-12H2,2-4H3,(H,18,19). The van der Waals surface area contributed by atoms with Crippen molar-refractivity contribution in [1.82, 2.24) is 5.32 Å². The van der Waals surface area contributed by atoms with Crippen molar-refractivity contribution >= 4 is 11.8 Å². The molecular formula is C16H22N2O3. The van der Waals surface area contributed by atoms with Crippen LogP contribution < -0.4 is 15.4 Å². The van der Waals surface area contributed by atoms with Gasteiger partial charge in [-0.25, -0.2) is 4.79 Å². The average Bonchev–Trinajstić information content (AvgIpc) is 2.41. The van der Waals surface area contributed by atoms with E-state index in [9.17, 15) is 4.79 Å². The second-order valence-electron chi connectivity index (χ2n) is 5.36. The SMILES string of the molecule is C#CCNc1ccc(OCCNC(=O)OC(C)(C)C)cc1. The molecule has 114 valence electrons. The highest BCUT2D eigenvalue weighted by Crippen LogP contribution is 2.15. The molecule has 0 saturated heterocycles. The molecule has 0 heterocycles. The van der Waals surface area contributed by atoms with Crippen LogP contribution in [-0.4, -0.2) is 31.4 Å². The minimum Gasteiger partial charge on any atom is -0.492 e. The highest BCUT2D eigenvalue weighted by atomic mass is 16.6. The molecule has 5 heteroatoms. The second-order valence-corrected chi connectivity index (χ2v) is 5.36. The highest BCUT2D eigenvalue weighted by molar-refractivity contribution is 5.67. The van der Waals surface area contributed by atoms with Crippen LogP contribution in [-0.2, 0) is 4.74 Å². The molecule has 0 aliphatic rings. The third-order valence-electron chi connectivity index (χ3n) is 2.29. The van der Waals surface area contributed by atoms with Crippen LogP contribution in [0.1, 0.15) is 20.8 Å². The Balaban J connectivity index is 2.24. The quantitative estimate of drug-likeness (QED) is 0.624. The minimum absolute atomic E-state index is 0.371. The normalized spacial score (nSPS) is 10.4. The van der Waals surface area contributed by atoms with E-state index in [1.807, 2.05) is 45.0 Å². The minimum atomic E-state index is -0.494. The third-order valence-corrected chi connectivity index (χ3v) is 2.29. The van der Waals surface area contributed by atoms with Crippen molar-refractivity contribution in [2.24, 2.45) is 0 Å². The van der Waals surface area contributed by atoms with E-state index in [0.29, 0.717) is 19.7 Å².